The Labute approximate surface area is 125 Å². The van der Waals surface area contributed by atoms with E-state index in [1.54, 1.807) is 18.5 Å². The van der Waals surface area contributed by atoms with Gasteiger partial charge in [0.05, 0.1) is 5.75 Å². The maximum Gasteiger partial charge on any atom is 0.216 e. The van der Waals surface area contributed by atoms with Crippen molar-refractivity contribution in [1.82, 2.24) is 15.0 Å². The third kappa shape index (κ3) is 5.26. The van der Waals surface area contributed by atoms with E-state index in [1.807, 2.05) is 37.4 Å². The number of hydrogen-bond donors (Lipinski definition) is 2. The smallest absolute Gasteiger partial charge is 0.216 e. The Hall–Kier alpha value is -1.76. The summed E-state index contributed by atoms with van der Waals surface area (Å²) in [5, 5.41) is 3.05. The largest absolute Gasteiger partial charge is 0.316 e. The first kappa shape index (κ1) is 15.6. The summed E-state index contributed by atoms with van der Waals surface area (Å²) in [6, 6.07) is 11.2. The molecule has 1 heterocycles. The average Bonchev–Trinajstić information content (AvgIpc) is 2.47. The fourth-order valence-electron chi connectivity index (χ4n) is 2.00. The van der Waals surface area contributed by atoms with Crippen LogP contribution >= 0.6 is 0 Å². The molecule has 1 aromatic heterocycles. The van der Waals surface area contributed by atoms with E-state index in [9.17, 15) is 8.42 Å². The number of hydrogen-bond acceptors (Lipinski definition) is 4. The highest BCUT2D eigenvalue weighted by molar-refractivity contribution is 7.88. The molecule has 21 heavy (non-hydrogen) atoms. The van der Waals surface area contributed by atoms with E-state index in [2.05, 4.69) is 15.0 Å². The molecular weight excluding hydrogens is 286 g/mol. The molecule has 0 saturated heterocycles. The Bertz CT molecular complexity index is 672. The van der Waals surface area contributed by atoms with Crippen molar-refractivity contribution in [2.24, 2.45) is 0 Å². The average molecular weight is 305 g/mol. The lowest BCUT2D eigenvalue weighted by Crippen LogP contribution is -2.24. The molecular formula is C15H19N3O2S. The summed E-state index contributed by atoms with van der Waals surface area (Å²) >= 11 is 0. The van der Waals surface area contributed by atoms with Gasteiger partial charge in [-0.25, -0.2) is 13.1 Å². The standard InChI is InChI=1S/C15H19N3O2S/c1-16-9-13-4-2-5-14(8-13)12-21(19,20)18-11-15-6-3-7-17-10-15/h2-8,10,16,18H,9,11-12H2,1H3. The van der Waals surface area contributed by atoms with Gasteiger partial charge in [-0.15, -0.1) is 0 Å². The molecule has 5 nitrogen and oxygen atoms in total. The van der Waals surface area contributed by atoms with Gasteiger partial charge < -0.3 is 5.32 Å². The second-order valence-electron chi connectivity index (χ2n) is 4.79. The van der Waals surface area contributed by atoms with Gasteiger partial charge >= 0.3 is 0 Å². The monoisotopic (exact) mass is 305 g/mol. The zero-order valence-electron chi connectivity index (χ0n) is 11.9. The zero-order chi connectivity index (χ0) is 15.1. The van der Waals surface area contributed by atoms with Gasteiger partial charge in [0.25, 0.3) is 0 Å². The van der Waals surface area contributed by atoms with Gasteiger partial charge in [0.15, 0.2) is 0 Å². The highest BCUT2D eigenvalue weighted by Crippen LogP contribution is 2.09. The normalized spacial score (nSPS) is 11.5. The lowest BCUT2D eigenvalue weighted by molar-refractivity contribution is 0.580. The van der Waals surface area contributed by atoms with Gasteiger partial charge in [-0.3, -0.25) is 4.98 Å². The third-order valence-corrected chi connectivity index (χ3v) is 4.25. The molecule has 112 valence electrons. The van der Waals surface area contributed by atoms with Crippen molar-refractivity contribution >= 4 is 10.0 Å². The maximum atomic E-state index is 12.1. The van der Waals surface area contributed by atoms with E-state index in [-0.39, 0.29) is 12.3 Å². The number of benzene rings is 1. The second kappa shape index (κ2) is 7.31. The molecule has 0 amide bonds. The minimum Gasteiger partial charge on any atom is -0.316 e. The van der Waals surface area contributed by atoms with E-state index < -0.39 is 10.0 Å². The predicted molar refractivity (Wildman–Crippen MR) is 82.9 cm³/mol. The van der Waals surface area contributed by atoms with Gasteiger partial charge in [0, 0.05) is 25.5 Å². The van der Waals surface area contributed by atoms with Crippen LogP contribution in [0.15, 0.2) is 48.8 Å². The van der Waals surface area contributed by atoms with Crippen LogP contribution in [0, 0.1) is 0 Å². The summed E-state index contributed by atoms with van der Waals surface area (Å²) in [4.78, 5) is 3.96. The zero-order valence-corrected chi connectivity index (χ0v) is 12.7. The number of pyridine rings is 1. The van der Waals surface area contributed by atoms with Crippen LogP contribution < -0.4 is 10.0 Å². The van der Waals surface area contributed by atoms with Crippen molar-refractivity contribution in [1.29, 1.82) is 0 Å². The van der Waals surface area contributed by atoms with E-state index in [0.717, 1.165) is 23.2 Å². The Morgan fingerprint density at radius 2 is 1.81 bits per heavy atom. The van der Waals surface area contributed by atoms with Crippen molar-refractivity contribution in [2.45, 2.75) is 18.8 Å². The van der Waals surface area contributed by atoms with Crippen LogP contribution in [0.3, 0.4) is 0 Å². The van der Waals surface area contributed by atoms with Crippen LogP contribution in [0.2, 0.25) is 0 Å². The Morgan fingerprint density at radius 3 is 2.52 bits per heavy atom. The lowest BCUT2D eigenvalue weighted by atomic mass is 10.1. The second-order valence-corrected chi connectivity index (χ2v) is 6.60. The first-order valence-corrected chi connectivity index (χ1v) is 8.33. The quantitative estimate of drug-likeness (QED) is 0.811. The van der Waals surface area contributed by atoms with Crippen molar-refractivity contribution in [3.05, 3.63) is 65.5 Å². The molecule has 2 aromatic rings. The first-order valence-electron chi connectivity index (χ1n) is 6.68. The summed E-state index contributed by atoms with van der Waals surface area (Å²) in [6.45, 7) is 0.976. The molecule has 6 heteroatoms. The van der Waals surface area contributed by atoms with Gasteiger partial charge in [0.1, 0.15) is 0 Å². The minimum atomic E-state index is -3.36. The van der Waals surface area contributed by atoms with Crippen LogP contribution in [0.5, 0.6) is 0 Å². The number of rotatable bonds is 7. The molecule has 2 rings (SSSR count). The molecule has 0 bridgehead atoms. The molecule has 1 aromatic carbocycles. The highest BCUT2D eigenvalue weighted by Gasteiger charge is 2.11. The number of nitrogens with one attached hydrogen (secondary N) is 2. The fraction of sp³-hybridized carbons (Fsp3) is 0.267. The van der Waals surface area contributed by atoms with E-state index >= 15 is 0 Å². The SMILES string of the molecule is CNCc1cccc(CS(=O)(=O)NCc2cccnc2)c1. The van der Waals surface area contributed by atoms with Crippen molar-refractivity contribution in [3.63, 3.8) is 0 Å². The molecule has 0 radical (unpaired) electrons. The summed E-state index contributed by atoms with van der Waals surface area (Å²) in [5.41, 5.74) is 2.68. The predicted octanol–water partition coefficient (Wildman–Crippen LogP) is 1.42. The molecule has 0 aliphatic carbocycles. The topological polar surface area (TPSA) is 71.1 Å². The maximum absolute atomic E-state index is 12.1. The van der Waals surface area contributed by atoms with Crippen LogP contribution in [-0.2, 0) is 28.9 Å². The summed E-state index contributed by atoms with van der Waals surface area (Å²) in [7, 11) is -1.50. The summed E-state index contributed by atoms with van der Waals surface area (Å²) < 4.78 is 26.8. The molecule has 0 atom stereocenters. The van der Waals surface area contributed by atoms with Crippen LogP contribution in [0.25, 0.3) is 0 Å². The van der Waals surface area contributed by atoms with Gasteiger partial charge in [-0.1, -0.05) is 30.3 Å². The van der Waals surface area contributed by atoms with E-state index in [4.69, 9.17) is 0 Å². The fourth-order valence-corrected chi connectivity index (χ4v) is 3.11. The Kier molecular flexibility index (Phi) is 5.44. The number of sulfonamides is 1. The van der Waals surface area contributed by atoms with Crippen LogP contribution in [0.1, 0.15) is 16.7 Å². The van der Waals surface area contributed by atoms with Crippen molar-refractivity contribution in [3.8, 4) is 0 Å². The third-order valence-electron chi connectivity index (χ3n) is 2.95. The Morgan fingerprint density at radius 1 is 1.05 bits per heavy atom. The van der Waals surface area contributed by atoms with Crippen molar-refractivity contribution in [2.75, 3.05) is 7.05 Å². The molecule has 0 saturated carbocycles. The highest BCUT2D eigenvalue weighted by atomic mass is 32.2. The van der Waals surface area contributed by atoms with E-state index in [1.165, 1.54) is 0 Å². The van der Waals surface area contributed by atoms with Crippen LogP contribution in [0.4, 0.5) is 0 Å². The molecule has 2 N–H and O–H groups in total. The van der Waals surface area contributed by atoms with Crippen LogP contribution in [-0.4, -0.2) is 20.4 Å². The molecule has 0 spiro atoms. The number of aromatic nitrogens is 1. The summed E-state index contributed by atoms with van der Waals surface area (Å²) in [5.74, 6) is -0.0230. The minimum absolute atomic E-state index is 0.0230. The van der Waals surface area contributed by atoms with E-state index in [0.29, 0.717) is 0 Å². The first-order chi connectivity index (χ1) is 10.1. The van der Waals surface area contributed by atoms with Gasteiger partial charge in [-0.05, 0) is 29.8 Å². The van der Waals surface area contributed by atoms with Gasteiger partial charge in [-0.2, -0.15) is 0 Å². The molecule has 0 aliphatic rings. The van der Waals surface area contributed by atoms with Gasteiger partial charge in [0.2, 0.25) is 10.0 Å². The molecule has 0 aliphatic heterocycles. The lowest BCUT2D eigenvalue weighted by Gasteiger charge is -2.08. The molecule has 0 fully saturated rings. The Balaban J connectivity index is 1.99. The number of nitrogens with zero attached hydrogens (tertiary/aromatic N) is 1. The molecule has 0 unspecified atom stereocenters. The summed E-state index contributed by atoms with van der Waals surface area (Å²) in [6.07, 6.45) is 3.31. The van der Waals surface area contributed by atoms with Crippen molar-refractivity contribution < 1.29 is 8.42 Å².